The van der Waals surface area contributed by atoms with Crippen molar-refractivity contribution in [1.82, 2.24) is 34.9 Å². The van der Waals surface area contributed by atoms with Crippen LogP contribution in [-0.2, 0) is 13.0 Å². The highest BCUT2D eigenvalue weighted by molar-refractivity contribution is 6.12. The Balaban J connectivity index is 1.14. The van der Waals surface area contributed by atoms with Crippen LogP contribution < -0.4 is 15.8 Å². The number of carbonyl (C=O) groups is 1. The summed E-state index contributed by atoms with van der Waals surface area (Å²) < 4.78 is 34.7. The highest BCUT2D eigenvalue weighted by Crippen LogP contribution is 2.30. The number of hydrogen-bond acceptors (Lipinski definition) is 8. The van der Waals surface area contributed by atoms with Crippen LogP contribution in [-0.4, -0.2) is 61.1 Å². The third-order valence-electron chi connectivity index (χ3n) is 7.78. The summed E-state index contributed by atoms with van der Waals surface area (Å²) in [7, 11) is 0. The molecule has 208 valence electrons. The van der Waals surface area contributed by atoms with E-state index in [2.05, 4.69) is 31.3 Å². The van der Waals surface area contributed by atoms with E-state index in [4.69, 9.17) is 15.5 Å². The number of nitrogens with zero attached hydrogens (tertiary/aromatic N) is 5. The molecule has 5 aromatic rings. The quantitative estimate of drug-likeness (QED) is 0.271. The van der Waals surface area contributed by atoms with Gasteiger partial charge in [0.1, 0.15) is 5.82 Å². The third-order valence-corrected chi connectivity index (χ3v) is 7.78. The molecule has 1 aromatic carbocycles. The Labute approximate surface area is 233 Å². The standard InChI is InChI=1S/C29H26F2N8O2/c1-15-7-26(41-28-19(30)3-2-4-20(28)31)34-13-25(15)39-29(32)18(12-35-39)27(40)23-9-22-21(36-23)8-16-5-6-38(14-24(16)37-22)17-10-33-11-17/h2-4,7-9,12-13,17,33,36H,5-6,10-11,14,32H2,1H3. The smallest absolute Gasteiger partial charge is 0.219 e. The number of anilines is 1. The first-order valence-corrected chi connectivity index (χ1v) is 13.3. The first-order chi connectivity index (χ1) is 19.9. The lowest BCUT2D eigenvalue weighted by Gasteiger charge is -2.40. The molecule has 4 aromatic heterocycles. The number of nitrogen functional groups attached to an aromatic ring is 1. The Hall–Kier alpha value is -4.68. The van der Waals surface area contributed by atoms with Gasteiger partial charge in [-0.25, -0.2) is 23.4 Å². The predicted molar refractivity (Wildman–Crippen MR) is 147 cm³/mol. The van der Waals surface area contributed by atoms with E-state index in [1.54, 1.807) is 13.0 Å². The van der Waals surface area contributed by atoms with Gasteiger partial charge in [-0.3, -0.25) is 9.69 Å². The maximum absolute atomic E-state index is 14.0. The Morgan fingerprint density at radius 1 is 1.15 bits per heavy atom. The molecule has 6 heterocycles. The van der Waals surface area contributed by atoms with Gasteiger partial charge in [0.15, 0.2) is 11.6 Å². The van der Waals surface area contributed by atoms with E-state index in [1.807, 2.05) is 0 Å². The molecule has 0 radical (unpaired) electrons. The summed E-state index contributed by atoms with van der Waals surface area (Å²) in [6.45, 7) is 5.57. The Kier molecular flexibility index (Phi) is 6.02. The number of H-pyrrole nitrogens is 1. The summed E-state index contributed by atoms with van der Waals surface area (Å²) in [5, 5.41) is 7.64. The zero-order valence-corrected chi connectivity index (χ0v) is 22.1. The van der Waals surface area contributed by atoms with Crippen molar-refractivity contribution in [1.29, 1.82) is 0 Å². The van der Waals surface area contributed by atoms with Gasteiger partial charge in [-0.1, -0.05) is 6.07 Å². The van der Waals surface area contributed by atoms with Crippen LogP contribution in [0.2, 0.25) is 0 Å². The first-order valence-electron chi connectivity index (χ1n) is 13.3. The van der Waals surface area contributed by atoms with Crippen LogP contribution in [0.25, 0.3) is 16.7 Å². The zero-order valence-electron chi connectivity index (χ0n) is 22.1. The Morgan fingerprint density at radius 2 is 1.95 bits per heavy atom. The van der Waals surface area contributed by atoms with Crippen LogP contribution in [0.1, 0.15) is 32.9 Å². The lowest BCUT2D eigenvalue weighted by Crippen LogP contribution is -2.58. The molecule has 1 fully saturated rings. The highest BCUT2D eigenvalue weighted by atomic mass is 19.1. The minimum atomic E-state index is -0.839. The first kappa shape index (κ1) is 25.3. The number of pyridine rings is 2. The molecular weight excluding hydrogens is 530 g/mol. The van der Waals surface area contributed by atoms with E-state index < -0.39 is 17.4 Å². The highest BCUT2D eigenvalue weighted by Gasteiger charge is 2.29. The second kappa shape index (κ2) is 9.75. The molecule has 0 amide bonds. The van der Waals surface area contributed by atoms with Gasteiger partial charge in [-0.2, -0.15) is 5.10 Å². The average Bonchev–Trinajstić information content (AvgIpc) is 3.51. The summed E-state index contributed by atoms with van der Waals surface area (Å²) >= 11 is 0. The molecule has 0 bridgehead atoms. The number of ketones is 1. The molecule has 4 N–H and O–H groups in total. The fraction of sp³-hybridized carbons (Fsp3) is 0.241. The fourth-order valence-electron chi connectivity index (χ4n) is 5.35. The molecule has 0 saturated carbocycles. The number of rotatable bonds is 6. The summed E-state index contributed by atoms with van der Waals surface area (Å²) in [4.78, 5) is 28.2. The molecule has 0 unspecified atom stereocenters. The van der Waals surface area contributed by atoms with E-state index >= 15 is 0 Å². The van der Waals surface area contributed by atoms with Gasteiger partial charge in [0.2, 0.25) is 17.4 Å². The minimum absolute atomic E-state index is 0.00183. The molecule has 10 nitrogen and oxygen atoms in total. The van der Waals surface area contributed by atoms with Crippen molar-refractivity contribution in [3.63, 3.8) is 0 Å². The number of ether oxygens (including phenoxy) is 1. The summed E-state index contributed by atoms with van der Waals surface area (Å²) in [5.74, 6) is -2.41. The second-order valence-corrected chi connectivity index (χ2v) is 10.4. The number of aryl methyl sites for hydroxylation is 1. The van der Waals surface area contributed by atoms with Crippen LogP contribution in [0, 0.1) is 18.6 Å². The molecule has 0 aliphatic carbocycles. The van der Waals surface area contributed by atoms with Crippen LogP contribution in [0.4, 0.5) is 14.6 Å². The van der Waals surface area contributed by atoms with Crippen LogP contribution >= 0.6 is 0 Å². The zero-order chi connectivity index (χ0) is 28.2. The number of aromatic nitrogens is 5. The molecular formula is C29H26F2N8O2. The van der Waals surface area contributed by atoms with E-state index in [9.17, 15) is 13.6 Å². The maximum Gasteiger partial charge on any atom is 0.219 e. The SMILES string of the molecule is Cc1cc(Oc2c(F)cccc2F)ncc1-n1ncc(C(=O)c2cc3nc4c(cc3[nH]2)CCN(C2CNC2)C4)c1N. The van der Waals surface area contributed by atoms with Crippen molar-refractivity contribution in [2.45, 2.75) is 25.9 Å². The number of carbonyl (C=O) groups excluding carboxylic acids is 1. The third kappa shape index (κ3) is 4.41. The molecule has 2 aliphatic rings. The number of nitrogens with one attached hydrogen (secondary N) is 2. The summed E-state index contributed by atoms with van der Waals surface area (Å²) in [5.41, 5.74) is 11.9. The molecule has 2 aliphatic heterocycles. The number of halogens is 2. The van der Waals surface area contributed by atoms with Crippen molar-refractivity contribution in [3.8, 4) is 17.3 Å². The number of nitrogens with two attached hydrogens (primary N) is 1. The van der Waals surface area contributed by atoms with E-state index in [0.29, 0.717) is 23.0 Å². The molecule has 0 atom stereocenters. The van der Waals surface area contributed by atoms with Crippen molar-refractivity contribution in [3.05, 3.63) is 88.5 Å². The number of fused-ring (bicyclic) bond motifs is 2. The van der Waals surface area contributed by atoms with Gasteiger partial charge in [-0.05, 0) is 48.7 Å². The fourth-order valence-corrected chi connectivity index (χ4v) is 5.35. The van der Waals surface area contributed by atoms with Crippen molar-refractivity contribution < 1.29 is 18.3 Å². The monoisotopic (exact) mass is 556 g/mol. The average molecular weight is 557 g/mol. The summed E-state index contributed by atoms with van der Waals surface area (Å²) in [6.07, 6.45) is 3.75. The van der Waals surface area contributed by atoms with Gasteiger partial charge in [0.05, 0.1) is 46.1 Å². The summed E-state index contributed by atoms with van der Waals surface area (Å²) in [6, 6.07) is 9.35. The number of benzene rings is 1. The molecule has 41 heavy (non-hydrogen) atoms. The number of aromatic amines is 1. The predicted octanol–water partition coefficient (Wildman–Crippen LogP) is 3.67. The van der Waals surface area contributed by atoms with Crippen molar-refractivity contribution in [2.75, 3.05) is 25.4 Å². The number of hydrogen-bond donors (Lipinski definition) is 3. The Bertz CT molecular complexity index is 1810. The van der Waals surface area contributed by atoms with Gasteiger partial charge in [0, 0.05) is 38.3 Å². The normalized spacial score (nSPS) is 15.6. The lowest BCUT2D eigenvalue weighted by molar-refractivity contribution is 0.103. The maximum atomic E-state index is 14.0. The van der Waals surface area contributed by atoms with E-state index in [1.165, 1.54) is 34.8 Å². The Morgan fingerprint density at radius 3 is 2.68 bits per heavy atom. The molecule has 7 rings (SSSR count). The van der Waals surface area contributed by atoms with Gasteiger partial charge in [0.25, 0.3) is 0 Å². The van der Waals surface area contributed by atoms with Gasteiger partial charge < -0.3 is 20.8 Å². The lowest BCUT2D eigenvalue weighted by atomic mass is 10.0. The minimum Gasteiger partial charge on any atom is -0.433 e. The van der Waals surface area contributed by atoms with Crippen LogP contribution in [0.5, 0.6) is 11.6 Å². The molecule has 1 saturated heterocycles. The van der Waals surface area contributed by atoms with Gasteiger partial charge in [-0.15, -0.1) is 0 Å². The van der Waals surface area contributed by atoms with Crippen molar-refractivity contribution in [2.24, 2.45) is 0 Å². The second-order valence-electron chi connectivity index (χ2n) is 10.4. The van der Waals surface area contributed by atoms with Crippen molar-refractivity contribution >= 4 is 22.6 Å². The van der Waals surface area contributed by atoms with Gasteiger partial charge >= 0.3 is 0 Å². The largest absolute Gasteiger partial charge is 0.433 e. The van der Waals surface area contributed by atoms with E-state index in [-0.39, 0.29) is 23.0 Å². The molecule has 12 heteroatoms. The topological polar surface area (TPSA) is 127 Å². The molecule has 0 spiro atoms. The van der Waals surface area contributed by atoms with E-state index in [0.717, 1.165) is 61.5 Å². The van der Waals surface area contributed by atoms with Crippen LogP contribution in [0.15, 0.2) is 48.8 Å². The number of para-hydroxylation sites is 1. The van der Waals surface area contributed by atoms with Crippen LogP contribution in [0.3, 0.4) is 0 Å².